The summed E-state index contributed by atoms with van der Waals surface area (Å²) in [6, 6.07) is 0.327. The van der Waals surface area contributed by atoms with Crippen molar-refractivity contribution in [2.75, 3.05) is 13.7 Å². The van der Waals surface area contributed by atoms with Gasteiger partial charge in [0.1, 0.15) is 10.9 Å². The van der Waals surface area contributed by atoms with E-state index < -0.39 is 44.3 Å². The van der Waals surface area contributed by atoms with E-state index in [2.05, 4.69) is 4.74 Å². The summed E-state index contributed by atoms with van der Waals surface area (Å²) in [6.07, 6.45) is 0.680. The molecule has 116 valence electrons. The molecule has 2 rings (SSSR count). The molecule has 21 heavy (non-hydrogen) atoms. The van der Waals surface area contributed by atoms with Gasteiger partial charge in [-0.25, -0.2) is 12.8 Å². The molecule has 0 spiro atoms. The number of carbonyl (C=O) groups excluding carboxylic acids is 1. The highest BCUT2D eigenvalue weighted by Crippen LogP contribution is 2.33. The zero-order valence-corrected chi connectivity index (χ0v) is 11.9. The smallest absolute Gasteiger partial charge is 0.324 e. The van der Waals surface area contributed by atoms with Crippen LogP contribution in [0.4, 0.5) is 8.78 Å². The summed E-state index contributed by atoms with van der Waals surface area (Å²) in [6.45, 7) is 0.0283. The van der Waals surface area contributed by atoms with E-state index in [-0.39, 0.29) is 13.0 Å². The van der Waals surface area contributed by atoms with Gasteiger partial charge in [-0.05, 0) is 25.0 Å². The van der Waals surface area contributed by atoms with Gasteiger partial charge < -0.3 is 9.84 Å². The van der Waals surface area contributed by atoms with Crippen LogP contribution in [0.15, 0.2) is 17.0 Å². The van der Waals surface area contributed by atoms with E-state index in [0.717, 1.165) is 17.5 Å². The van der Waals surface area contributed by atoms with Crippen molar-refractivity contribution >= 4 is 16.0 Å². The molecular formula is C12H13F2NO5S. The Kier molecular flexibility index (Phi) is 4.15. The van der Waals surface area contributed by atoms with Crippen LogP contribution in [0.5, 0.6) is 5.75 Å². The zero-order chi connectivity index (χ0) is 15.8. The van der Waals surface area contributed by atoms with Crippen LogP contribution < -0.4 is 0 Å². The molecule has 1 fully saturated rings. The Balaban J connectivity index is 2.47. The van der Waals surface area contributed by atoms with Gasteiger partial charge in [-0.15, -0.1) is 0 Å². The highest BCUT2D eigenvalue weighted by molar-refractivity contribution is 7.89. The number of nitrogens with zero attached hydrogens (tertiary/aromatic N) is 1. The lowest BCUT2D eigenvalue weighted by Gasteiger charge is -2.22. The normalized spacial score (nSPS) is 19.7. The predicted molar refractivity (Wildman–Crippen MR) is 67.0 cm³/mol. The number of halogens is 2. The molecule has 1 aliphatic rings. The number of sulfonamides is 1. The van der Waals surface area contributed by atoms with E-state index in [1.165, 1.54) is 0 Å². The molecule has 6 nitrogen and oxygen atoms in total. The third-order valence-corrected chi connectivity index (χ3v) is 5.24. The number of carbonyl (C=O) groups is 1. The van der Waals surface area contributed by atoms with E-state index >= 15 is 0 Å². The van der Waals surface area contributed by atoms with Crippen molar-refractivity contribution in [2.24, 2.45) is 0 Å². The van der Waals surface area contributed by atoms with E-state index in [9.17, 15) is 27.1 Å². The number of hydrogen-bond donors (Lipinski definition) is 1. The fraction of sp³-hybridized carbons (Fsp3) is 0.417. The quantitative estimate of drug-likeness (QED) is 0.840. The van der Waals surface area contributed by atoms with Crippen LogP contribution in [-0.2, 0) is 19.6 Å². The summed E-state index contributed by atoms with van der Waals surface area (Å²) in [5, 5.41) is 9.52. The van der Waals surface area contributed by atoms with Crippen molar-refractivity contribution in [1.82, 2.24) is 4.31 Å². The molecule has 0 aromatic heterocycles. The molecule has 1 N–H and O–H groups in total. The van der Waals surface area contributed by atoms with Gasteiger partial charge in [0, 0.05) is 6.54 Å². The molecule has 0 saturated carbocycles. The summed E-state index contributed by atoms with van der Waals surface area (Å²) in [4.78, 5) is 10.8. The highest BCUT2D eigenvalue weighted by atomic mass is 32.2. The van der Waals surface area contributed by atoms with E-state index in [0.29, 0.717) is 12.5 Å². The molecule has 0 unspecified atom stereocenters. The number of aromatic hydroxyl groups is 1. The third kappa shape index (κ3) is 2.58. The van der Waals surface area contributed by atoms with Crippen LogP contribution in [0.2, 0.25) is 0 Å². The SMILES string of the molecule is COC(=O)[C@@H]1CCCN1S(=O)(=O)c1ccc(F)c(F)c1O. The maximum atomic E-state index is 13.3. The average Bonchev–Trinajstić information content (AvgIpc) is 2.94. The van der Waals surface area contributed by atoms with Crippen LogP contribution in [0.1, 0.15) is 12.8 Å². The molecule has 1 saturated heterocycles. The summed E-state index contributed by atoms with van der Waals surface area (Å²) >= 11 is 0. The number of methoxy groups -OCH3 is 1. The van der Waals surface area contributed by atoms with E-state index in [1.54, 1.807) is 0 Å². The van der Waals surface area contributed by atoms with Gasteiger partial charge in [-0.1, -0.05) is 0 Å². The zero-order valence-electron chi connectivity index (χ0n) is 11.0. The molecule has 0 radical (unpaired) electrons. The number of hydrogen-bond acceptors (Lipinski definition) is 5. The van der Waals surface area contributed by atoms with Crippen molar-refractivity contribution in [3.8, 4) is 5.75 Å². The minimum atomic E-state index is -4.34. The Hall–Kier alpha value is -1.74. The molecule has 1 heterocycles. The lowest BCUT2D eigenvalue weighted by molar-refractivity contribution is -0.144. The van der Waals surface area contributed by atoms with Gasteiger partial charge in [-0.2, -0.15) is 8.70 Å². The number of esters is 1. The summed E-state index contributed by atoms with van der Waals surface area (Å²) < 4.78 is 56.5. The molecule has 0 bridgehead atoms. The van der Waals surface area contributed by atoms with Gasteiger partial charge in [0.25, 0.3) is 0 Å². The molecule has 1 atom stereocenters. The first-order chi connectivity index (χ1) is 9.80. The topological polar surface area (TPSA) is 83.9 Å². The molecule has 9 heteroatoms. The number of phenolic OH excluding ortho intramolecular Hbond substituents is 1. The third-order valence-electron chi connectivity index (χ3n) is 3.30. The maximum absolute atomic E-state index is 13.3. The van der Waals surface area contributed by atoms with Crippen LogP contribution in [0.25, 0.3) is 0 Å². The van der Waals surface area contributed by atoms with Crippen molar-refractivity contribution in [2.45, 2.75) is 23.8 Å². The second kappa shape index (κ2) is 5.57. The summed E-state index contributed by atoms with van der Waals surface area (Å²) in [5.74, 6) is -5.05. The van der Waals surface area contributed by atoms with Crippen LogP contribution >= 0.6 is 0 Å². The molecule has 0 amide bonds. The Morgan fingerprint density at radius 3 is 2.71 bits per heavy atom. The van der Waals surface area contributed by atoms with Crippen LogP contribution in [-0.4, -0.2) is 43.5 Å². The summed E-state index contributed by atoms with van der Waals surface area (Å²) in [5.41, 5.74) is 0. The van der Waals surface area contributed by atoms with Crippen molar-refractivity contribution in [1.29, 1.82) is 0 Å². The second-order valence-corrected chi connectivity index (χ2v) is 6.36. The van der Waals surface area contributed by atoms with Crippen molar-refractivity contribution < 1.29 is 31.8 Å². The first-order valence-corrected chi connectivity index (χ1v) is 7.51. The van der Waals surface area contributed by atoms with Crippen molar-refractivity contribution in [3.05, 3.63) is 23.8 Å². The maximum Gasteiger partial charge on any atom is 0.324 e. The highest BCUT2D eigenvalue weighted by Gasteiger charge is 2.41. The summed E-state index contributed by atoms with van der Waals surface area (Å²) in [7, 11) is -3.21. The Morgan fingerprint density at radius 2 is 2.10 bits per heavy atom. The van der Waals surface area contributed by atoms with Crippen molar-refractivity contribution in [3.63, 3.8) is 0 Å². The average molecular weight is 321 g/mol. The Labute approximate surface area is 120 Å². The minimum Gasteiger partial charge on any atom is -0.504 e. The second-order valence-electron chi connectivity index (χ2n) is 4.51. The lowest BCUT2D eigenvalue weighted by atomic mass is 10.2. The molecule has 0 aliphatic carbocycles. The number of ether oxygens (including phenoxy) is 1. The fourth-order valence-electron chi connectivity index (χ4n) is 2.26. The molecule has 1 aromatic carbocycles. The number of rotatable bonds is 3. The Morgan fingerprint density at radius 1 is 1.43 bits per heavy atom. The fourth-order valence-corrected chi connectivity index (χ4v) is 3.98. The van der Waals surface area contributed by atoms with Crippen LogP contribution in [0, 0.1) is 11.6 Å². The molecule has 1 aromatic rings. The standard InChI is InChI=1S/C12H13F2NO5S/c1-20-12(17)8-3-2-6-15(8)21(18,19)9-5-4-7(13)10(14)11(9)16/h4-5,8,16H,2-3,6H2,1H3/t8-/m0/s1. The predicted octanol–water partition coefficient (Wildman–Crippen LogP) is 0.996. The Bertz CT molecular complexity index is 676. The van der Waals surface area contributed by atoms with Gasteiger partial charge in [0.15, 0.2) is 11.6 Å². The number of benzene rings is 1. The van der Waals surface area contributed by atoms with E-state index in [1.807, 2.05) is 0 Å². The molecular weight excluding hydrogens is 308 g/mol. The minimum absolute atomic E-state index is 0.0283. The molecule has 1 aliphatic heterocycles. The number of phenols is 1. The monoisotopic (exact) mass is 321 g/mol. The first kappa shape index (κ1) is 15.6. The first-order valence-electron chi connectivity index (χ1n) is 6.07. The van der Waals surface area contributed by atoms with Gasteiger partial charge in [-0.3, -0.25) is 4.79 Å². The largest absolute Gasteiger partial charge is 0.504 e. The van der Waals surface area contributed by atoms with Gasteiger partial charge >= 0.3 is 5.97 Å². The lowest BCUT2D eigenvalue weighted by Crippen LogP contribution is -2.41. The van der Waals surface area contributed by atoms with Gasteiger partial charge in [0.2, 0.25) is 15.8 Å². The van der Waals surface area contributed by atoms with E-state index in [4.69, 9.17) is 0 Å². The van der Waals surface area contributed by atoms with Gasteiger partial charge in [0.05, 0.1) is 7.11 Å². The van der Waals surface area contributed by atoms with Crippen LogP contribution in [0.3, 0.4) is 0 Å².